The van der Waals surface area contributed by atoms with E-state index in [0.717, 1.165) is 5.69 Å². The lowest BCUT2D eigenvalue weighted by Crippen LogP contribution is -2.40. The predicted molar refractivity (Wildman–Crippen MR) is 75.1 cm³/mol. The molecule has 2 fully saturated rings. The molecule has 6 nitrogen and oxygen atoms in total. The van der Waals surface area contributed by atoms with Crippen molar-refractivity contribution in [3.8, 4) is 0 Å². The number of carboxylic acids is 1. The van der Waals surface area contributed by atoms with E-state index in [2.05, 4.69) is 4.98 Å². The summed E-state index contributed by atoms with van der Waals surface area (Å²) in [5, 5.41) is 9.05. The fourth-order valence-corrected chi connectivity index (χ4v) is 3.13. The van der Waals surface area contributed by atoms with Crippen LogP contribution in [0.3, 0.4) is 0 Å². The Kier molecular flexibility index (Phi) is 3.31. The van der Waals surface area contributed by atoms with Crippen LogP contribution in [0, 0.1) is 12.8 Å². The van der Waals surface area contributed by atoms with Gasteiger partial charge in [0.15, 0.2) is 0 Å². The molecule has 2 heterocycles. The molecular formula is C15H18N2O4. The van der Waals surface area contributed by atoms with Crippen molar-refractivity contribution in [3.05, 3.63) is 23.9 Å². The topological polar surface area (TPSA) is 79.7 Å². The molecule has 1 N–H and O–H groups in total. The number of aliphatic carboxylic acids is 1. The molecule has 0 bridgehead atoms. The summed E-state index contributed by atoms with van der Waals surface area (Å²) in [5.41, 5.74) is 0.296. The molecule has 3 rings (SSSR count). The molecule has 1 saturated heterocycles. The van der Waals surface area contributed by atoms with Gasteiger partial charge in [0.25, 0.3) is 0 Å². The van der Waals surface area contributed by atoms with Crippen molar-refractivity contribution in [1.29, 1.82) is 0 Å². The van der Waals surface area contributed by atoms with Crippen LogP contribution in [0.25, 0.3) is 0 Å². The van der Waals surface area contributed by atoms with Crippen LogP contribution in [-0.2, 0) is 9.53 Å². The molecule has 1 aromatic heterocycles. The Bertz CT molecular complexity index is 579. The molecule has 2 aliphatic rings. The maximum atomic E-state index is 12.1. The van der Waals surface area contributed by atoms with Gasteiger partial charge in [0.05, 0.1) is 12.5 Å². The highest BCUT2D eigenvalue weighted by Crippen LogP contribution is 2.40. The summed E-state index contributed by atoms with van der Waals surface area (Å²) in [4.78, 5) is 29.0. The number of aryl methyl sites for hydroxylation is 1. The number of amides is 1. The van der Waals surface area contributed by atoms with E-state index >= 15 is 0 Å². The third kappa shape index (κ3) is 2.57. The largest absolute Gasteiger partial charge is 0.481 e. The van der Waals surface area contributed by atoms with Crippen molar-refractivity contribution >= 4 is 17.9 Å². The highest BCUT2D eigenvalue weighted by Gasteiger charge is 2.48. The number of carboxylic acid groups (broad SMARTS) is 1. The lowest BCUT2D eigenvalue weighted by atomic mass is 9.79. The first-order chi connectivity index (χ1) is 9.99. The monoisotopic (exact) mass is 290 g/mol. The fourth-order valence-electron chi connectivity index (χ4n) is 3.13. The van der Waals surface area contributed by atoms with Crippen molar-refractivity contribution in [2.24, 2.45) is 5.92 Å². The van der Waals surface area contributed by atoms with Crippen LogP contribution in [0.1, 0.15) is 31.4 Å². The molecule has 0 radical (unpaired) electrons. The summed E-state index contributed by atoms with van der Waals surface area (Å²) in [6.45, 7) is 2.33. The summed E-state index contributed by atoms with van der Waals surface area (Å²) in [5.74, 6) is -0.482. The van der Waals surface area contributed by atoms with Crippen LogP contribution in [-0.4, -0.2) is 34.3 Å². The quantitative estimate of drug-likeness (QED) is 0.904. The predicted octanol–water partition coefficient (Wildman–Crippen LogP) is 2.36. The molecule has 112 valence electrons. The number of hydrogen-bond donors (Lipinski definition) is 1. The highest BCUT2D eigenvalue weighted by molar-refractivity contribution is 5.89. The van der Waals surface area contributed by atoms with Gasteiger partial charge >= 0.3 is 12.1 Å². The van der Waals surface area contributed by atoms with Crippen LogP contribution in [0.15, 0.2) is 18.2 Å². The number of carbonyl (C=O) groups excluding carboxylic acids is 1. The van der Waals surface area contributed by atoms with Crippen LogP contribution < -0.4 is 4.90 Å². The lowest BCUT2D eigenvalue weighted by molar-refractivity contribution is -0.144. The minimum atomic E-state index is -0.758. The molecule has 0 atom stereocenters. The van der Waals surface area contributed by atoms with Gasteiger partial charge in [-0.05, 0) is 44.7 Å². The van der Waals surface area contributed by atoms with Crippen molar-refractivity contribution in [2.75, 3.05) is 11.4 Å². The normalized spacial score (nSPS) is 28.7. The Hall–Kier alpha value is -2.11. The number of pyridine rings is 1. The molecule has 1 aromatic rings. The van der Waals surface area contributed by atoms with E-state index < -0.39 is 11.6 Å². The van der Waals surface area contributed by atoms with Gasteiger partial charge in [0.1, 0.15) is 11.4 Å². The molecule has 1 spiro atoms. The van der Waals surface area contributed by atoms with Crippen LogP contribution in [0.2, 0.25) is 0 Å². The summed E-state index contributed by atoms with van der Waals surface area (Å²) >= 11 is 0. The Labute approximate surface area is 122 Å². The van der Waals surface area contributed by atoms with Gasteiger partial charge in [-0.25, -0.2) is 9.78 Å². The zero-order valence-corrected chi connectivity index (χ0v) is 11.9. The second kappa shape index (κ2) is 5.02. The van der Waals surface area contributed by atoms with Gasteiger partial charge in [0, 0.05) is 5.69 Å². The van der Waals surface area contributed by atoms with Crippen LogP contribution in [0.5, 0.6) is 0 Å². The van der Waals surface area contributed by atoms with Gasteiger partial charge < -0.3 is 9.84 Å². The van der Waals surface area contributed by atoms with E-state index in [4.69, 9.17) is 9.84 Å². The SMILES string of the molecule is Cc1cccc(N2C[C@]3(CC[C@@H](C(=O)O)CC3)OC2=O)n1. The van der Waals surface area contributed by atoms with E-state index in [1.54, 1.807) is 11.0 Å². The molecule has 0 unspecified atom stereocenters. The summed E-state index contributed by atoms with van der Waals surface area (Å²) < 4.78 is 5.58. The average molecular weight is 290 g/mol. The third-order valence-corrected chi connectivity index (χ3v) is 4.37. The Morgan fingerprint density at radius 2 is 2.14 bits per heavy atom. The van der Waals surface area contributed by atoms with E-state index in [1.165, 1.54) is 0 Å². The number of ether oxygens (including phenoxy) is 1. The number of hydrogen-bond acceptors (Lipinski definition) is 4. The second-order valence-electron chi connectivity index (χ2n) is 5.89. The Morgan fingerprint density at radius 3 is 2.76 bits per heavy atom. The molecule has 1 aliphatic carbocycles. The Morgan fingerprint density at radius 1 is 1.43 bits per heavy atom. The Balaban J connectivity index is 1.75. The zero-order chi connectivity index (χ0) is 15.0. The minimum Gasteiger partial charge on any atom is -0.481 e. The first kappa shape index (κ1) is 13.9. The molecular weight excluding hydrogens is 272 g/mol. The van der Waals surface area contributed by atoms with Crippen molar-refractivity contribution in [2.45, 2.75) is 38.2 Å². The van der Waals surface area contributed by atoms with E-state index in [1.807, 2.05) is 19.1 Å². The number of carbonyl (C=O) groups is 2. The minimum absolute atomic E-state index is 0.319. The number of rotatable bonds is 2. The van der Waals surface area contributed by atoms with E-state index in [0.29, 0.717) is 38.0 Å². The molecule has 1 aliphatic heterocycles. The summed E-state index contributed by atoms with van der Waals surface area (Å²) in [6, 6.07) is 5.52. The van der Waals surface area contributed by atoms with Crippen molar-refractivity contribution in [3.63, 3.8) is 0 Å². The average Bonchev–Trinajstić information content (AvgIpc) is 2.76. The van der Waals surface area contributed by atoms with Gasteiger partial charge in [0.2, 0.25) is 0 Å². The second-order valence-corrected chi connectivity index (χ2v) is 5.89. The van der Waals surface area contributed by atoms with E-state index in [9.17, 15) is 9.59 Å². The van der Waals surface area contributed by atoms with Crippen molar-refractivity contribution < 1.29 is 19.4 Å². The first-order valence-electron chi connectivity index (χ1n) is 7.16. The van der Waals surface area contributed by atoms with Gasteiger partial charge in [-0.1, -0.05) is 6.07 Å². The van der Waals surface area contributed by atoms with Crippen molar-refractivity contribution in [1.82, 2.24) is 4.98 Å². The van der Waals surface area contributed by atoms with Crippen LogP contribution >= 0.6 is 0 Å². The molecule has 6 heteroatoms. The third-order valence-electron chi connectivity index (χ3n) is 4.37. The summed E-state index contributed by atoms with van der Waals surface area (Å²) in [6.07, 6.45) is 1.91. The molecule has 0 aromatic carbocycles. The van der Waals surface area contributed by atoms with Crippen LogP contribution in [0.4, 0.5) is 10.6 Å². The van der Waals surface area contributed by atoms with E-state index in [-0.39, 0.29) is 12.0 Å². The fraction of sp³-hybridized carbons (Fsp3) is 0.533. The number of nitrogens with zero attached hydrogens (tertiary/aromatic N) is 2. The standard InChI is InChI=1S/C15H18N2O4/c1-10-3-2-4-12(16-10)17-9-15(21-14(17)20)7-5-11(6-8-15)13(18)19/h2-4,11H,5-9H2,1H3,(H,18,19)/t11-,15-. The molecule has 1 amide bonds. The van der Waals surface area contributed by atoms with Gasteiger partial charge in [-0.15, -0.1) is 0 Å². The van der Waals surface area contributed by atoms with Gasteiger partial charge in [-0.2, -0.15) is 0 Å². The lowest BCUT2D eigenvalue weighted by Gasteiger charge is -2.33. The maximum Gasteiger partial charge on any atom is 0.416 e. The van der Waals surface area contributed by atoms with Gasteiger partial charge in [-0.3, -0.25) is 9.69 Å². The maximum absolute atomic E-state index is 12.1. The highest BCUT2D eigenvalue weighted by atomic mass is 16.6. The molecule has 1 saturated carbocycles. The number of anilines is 1. The zero-order valence-electron chi connectivity index (χ0n) is 11.9. The molecule has 21 heavy (non-hydrogen) atoms. The summed E-state index contributed by atoms with van der Waals surface area (Å²) in [7, 11) is 0. The number of aromatic nitrogens is 1. The first-order valence-corrected chi connectivity index (χ1v) is 7.16. The smallest absolute Gasteiger partial charge is 0.416 e.